The van der Waals surface area contributed by atoms with E-state index in [0.717, 1.165) is 15.9 Å². The number of benzene rings is 1. The summed E-state index contributed by atoms with van der Waals surface area (Å²) in [7, 11) is 1.59. The van der Waals surface area contributed by atoms with Crippen molar-refractivity contribution in [3.05, 3.63) is 35.2 Å². The first-order chi connectivity index (χ1) is 8.17. The van der Waals surface area contributed by atoms with E-state index in [1.54, 1.807) is 32.2 Å². The fourth-order valence-corrected chi connectivity index (χ4v) is 1.83. The van der Waals surface area contributed by atoms with Gasteiger partial charge < -0.3 is 14.7 Å². The summed E-state index contributed by atoms with van der Waals surface area (Å²) in [4.78, 5) is 0. The molecule has 0 aliphatic rings. The van der Waals surface area contributed by atoms with Crippen LogP contribution in [0.5, 0.6) is 11.5 Å². The van der Waals surface area contributed by atoms with Crippen LogP contribution in [0.15, 0.2) is 24.3 Å². The van der Waals surface area contributed by atoms with Gasteiger partial charge in [-0.1, -0.05) is 0 Å². The Bertz CT molecular complexity index is 552. The number of rotatable bonds is 3. The van der Waals surface area contributed by atoms with Crippen molar-refractivity contribution in [3.63, 3.8) is 0 Å². The van der Waals surface area contributed by atoms with E-state index in [-0.39, 0.29) is 0 Å². The van der Waals surface area contributed by atoms with Gasteiger partial charge in [-0.3, -0.25) is 0 Å². The molecule has 4 heteroatoms. The number of methoxy groups -OCH3 is 1. The average molecular weight is 233 g/mol. The van der Waals surface area contributed by atoms with Crippen LogP contribution in [0.4, 0.5) is 0 Å². The maximum Gasteiger partial charge on any atom is 0.228 e. The van der Waals surface area contributed by atoms with Gasteiger partial charge in [0.25, 0.3) is 0 Å². The van der Waals surface area contributed by atoms with Gasteiger partial charge in [0.2, 0.25) is 5.52 Å². The van der Waals surface area contributed by atoms with Gasteiger partial charge in [0.15, 0.2) is 5.69 Å². The first-order valence-electron chi connectivity index (χ1n) is 5.51. The van der Waals surface area contributed by atoms with Crippen molar-refractivity contribution in [3.8, 4) is 11.5 Å². The van der Waals surface area contributed by atoms with E-state index in [1.165, 1.54) is 0 Å². The maximum atomic E-state index is 11.9. The molecule has 0 fully saturated rings. The van der Waals surface area contributed by atoms with Gasteiger partial charge in [-0.15, -0.1) is 0 Å². The normalized spacial score (nSPS) is 10.5. The molecule has 0 unspecified atom stereocenters. The van der Waals surface area contributed by atoms with E-state index >= 15 is 0 Å². The molecule has 0 radical (unpaired) electrons. The van der Waals surface area contributed by atoms with Crippen molar-refractivity contribution in [2.24, 2.45) is 0 Å². The zero-order valence-electron chi connectivity index (χ0n) is 10.2. The molecular formula is C13H15NO3. The lowest BCUT2D eigenvalue weighted by Crippen LogP contribution is -2.30. The van der Waals surface area contributed by atoms with Crippen molar-refractivity contribution in [1.82, 2.24) is 0 Å². The van der Waals surface area contributed by atoms with Crippen LogP contribution in [-0.2, 0) is 0 Å². The minimum absolute atomic E-state index is 0.588. The second-order valence-corrected chi connectivity index (χ2v) is 3.76. The molecule has 0 saturated heterocycles. The lowest BCUT2D eigenvalue weighted by atomic mass is 10.1. The number of ether oxygens (including phenoxy) is 2. The van der Waals surface area contributed by atoms with Crippen molar-refractivity contribution in [2.45, 2.75) is 13.8 Å². The Morgan fingerprint density at radius 2 is 2.06 bits per heavy atom. The Kier molecular flexibility index (Phi) is 3.04. The highest BCUT2D eigenvalue weighted by atomic mass is 16.5. The standard InChI is InChI=1S/C13H15NO3/c1-4-17-10-5-6-12-11(8-10)13(16-3)7-9(2)14(12)15/h5-8H,4H2,1-3H3. The van der Waals surface area contributed by atoms with Gasteiger partial charge in [0.1, 0.15) is 11.5 Å². The number of fused-ring (bicyclic) bond motifs is 1. The van der Waals surface area contributed by atoms with Crippen LogP contribution >= 0.6 is 0 Å². The molecule has 4 nitrogen and oxygen atoms in total. The van der Waals surface area contributed by atoms with Gasteiger partial charge in [-0.2, -0.15) is 4.73 Å². The number of pyridine rings is 1. The fraction of sp³-hybridized carbons (Fsp3) is 0.308. The molecule has 0 bridgehead atoms. The molecule has 0 spiro atoms. The summed E-state index contributed by atoms with van der Waals surface area (Å²) in [5.41, 5.74) is 1.20. The molecule has 17 heavy (non-hydrogen) atoms. The van der Waals surface area contributed by atoms with Gasteiger partial charge in [0.05, 0.1) is 19.1 Å². The van der Waals surface area contributed by atoms with Gasteiger partial charge in [-0.05, 0) is 19.1 Å². The van der Waals surface area contributed by atoms with Gasteiger partial charge in [0, 0.05) is 19.1 Å². The zero-order chi connectivity index (χ0) is 12.4. The minimum atomic E-state index is 0.588. The van der Waals surface area contributed by atoms with Crippen LogP contribution in [0.25, 0.3) is 10.9 Å². The smallest absolute Gasteiger partial charge is 0.228 e. The van der Waals surface area contributed by atoms with Crippen molar-refractivity contribution >= 4 is 10.9 Å². The Hall–Kier alpha value is -1.97. The summed E-state index contributed by atoms with van der Waals surface area (Å²) in [6.45, 7) is 4.27. The molecule has 1 aromatic heterocycles. The summed E-state index contributed by atoms with van der Waals surface area (Å²) >= 11 is 0. The Morgan fingerprint density at radius 1 is 1.29 bits per heavy atom. The Morgan fingerprint density at radius 3 is 2.71 bits per heavy atom. The molecule has 1 heterocycles. The Labute approximate surface area is 100.0 Å². The number of nitrogens with zero attached hydrogens (tertiary/aromatic N) is 1. The molecule has 0 atom stereocenters. The molecule has 90 valence electrons. The predicted molar refractivity (Wildman–Crippen MR) is 65.4 cm³/mol. The van der Waals surface area contributed by atoms with E-state index in [2.05, 4.69) is 0 Å². The molecule has 0 aliphatic heterocycles. The molecule has 2 aromatic rings. The third-order valence-corrected chi connectivity index (χ3v) is 2.64. The molecule has 0 N–H and O–H groups in total. The highest BCUT2D eigenvalue weighted by molar-refractivity contribution is 5.84. The minimum Gasteiger partial charge on any atom is -0.618 e. The number of hydrogen-bond acceptors (Lipinski definition) is 3. The first kappa shape index (κ1) is 11.5. The van der Waals surface area contributed by atoms with Crippen molar-refractivity contribution in [1.29, 1.82) is 0 Å². The highest BCUT2D eigenvalue weighted by Crippen LogP contribution is 2.27. The van der Waals surface area contributed by atoms with Gasteiger partial charge >= 0.3 is 0 Å². The van der Waals surface area contributed by atoms with E-state index in [0.29, 0.717) is 23.6 Å². The molecule has 1 aromatic carbocycles. The third kappa shape index (κ3) is 1.98. The van der Waals surface area contributed by atoms with Crippen LogP contribution in [0.2, 0.25) is 0 Å². The summed E-state index contributed by atoms with van der Waals surface area (Å²) in [5, 5.41) is 12.6. The number of hydrogen-bond donors (Lipinski definition) is 0. The number of aryl methyl sites for hydroxylation is 1. The summed E-state index contributed by atoms with van der Waals surface area (Å²) in [6, 6.07) is 7.10. The van der Waals surface area contributed by atoms with Crippen LogP contribution in [0.1, 0.15) is 12.6 Å². The van der Waals surface area contributed by atoms with Crippen molar-refractivity contribution in [2.75, 3.05) is 13.7 Å². The summed E-state index contributed by atoms with van der Waals surface area (Å²) in [6.07, 6.45) is 0. The average Bonchev–Trinajstić information content (AvgIpc) is 2.34. The first-order valence-corrected chi connectivity index (χ1v) is 5.51. The molecule has 0 aliphatic carbocycles. The van der Waals surface area contributed by atoms with Crippen LogP contribution in [0, 0.1) is 12.1 Å². The van der Waals surface area contributed by atoms with Gasteiger partial charge in [-0.25, -0.2) is 0 Å². The lowest BCUT2D eigenvalue weighted by molar-refractivity contribution is -0.584. The highest BCUT2D eigenvalue weighted by Gasteiger charge is 2.13. The maximum absolute atomic E-state index is 11.9. The molecule has 2 rings (SSSR count). The van der Waals surface area contributed by atoms with E-state index in [4.69, 9.17) is 9.47 Å². The van der Waals surface area contributed by atoms with Crippen LogP contribution in [0.3, 0.4) is 0 Å². The summed E-state index contributed by atoms with van der Waals surface area (Å²) < 4.78 is 11.6. The number of aromatic nitrogens is 1. The fourth-order valence-electron chi connectivity index (χ4n) is 1.83. The quantitative estimate of drug-likeness (QED) is 0.603. The van der Waals surface area contributed by atoms with Crippen molar-refractivity contribution < 1.29 is 14.2 Å². The largest absolute Gasteiger partial charge is 0.618 e. The second-order valence-electron chi connectivity index (χ2n) is 3.76. The third-order valence-electron chi connectivity index (χ3n) is 2.64. The Balaban J connectivity index is 2.70. The summed E-state index contributed by atoms with van der Waals surface area (Å²) in [5.74, 6) is 1.42. The SMILES string of the molecule is CCOc1ccc2c(c1)c(OC)cc(C)[n+]2[O-]. The second kappa shape index (κ2) is 4.49. The lowest BCUT2D eigenvalue weighted by Gasteiger charge is -2.10. The van der Waals surface area contributed by atoms with E-state index in [1.807, 2.05) is 13.0 Å². The van der Waals surface area contributed by atoms with Crippen LogP contribution < -0.4 is 14.2 Å². The monoisotopic (exact) mass is 233 g/mol. The topological polar surface area (TPSA) is 45.4 Å². The zero-order valence-corrected chi connectivity index (χ0v) is 10.2. The van der Waals surface area contributed by atoms with E-state index < -0.39 is 0 Å². The predicted octanol–water partition coefficient (Wildman–Crippen LogP) is 2.19. The molecular weight excluding hydrogens is 218 g/mol. The molecule has 0 saturated carbocycles. The van der Waals surface area contributed by atoms with E-state index in [9.17, 15) is 5.21 Å². The molecule has 0 amide bonds. The van der Waals surface area contributed by atoms with Crippen LogP contribution in [-0.4, -0.2) is 13.7 Å².